The molecule has 26 heavy (non-hydrogen) atoms. The van der Waals surface area contributed by atoms with Crippen LogP contribution in [0.15, 0.2) is 30.6 Å². The van der Waals surface area contributed by atoms with Crippen molar-refractivity contribution in [1.29, 1.82) is 0 Å². The number of benzene rings is 1. The van der Waals surface area contributed by atoms with Gasteiger partial charge in [0.2, 0.25) is 5.91 Å². The zero-order chi connectivity index (χ0) is 18.5. The number of carbonyl (C=O) groups is 1. The number of nitrogens with zero attached hydrogens (tertiary/aromatic N) is 4. The first-order valence-corrected chi connectivity index (χ1v) is 8.66. The van der Waals surface area contributed by atoms with E-state index in [2.05, 4.69) is 20.4 Å². The molecule has 0 aliphatic rings. The minimum atomic E-state index is -0.00432. The minimum absolute atomic E-state index is 0.00432. The summed E-state index contributed by atoms with van der Waals surface area (Å²) in [6.07, 6.45) is 2.50. The third-order valence-corrected chi connectivity index (χ3v) is 4.27. The van der Waals surface area contributed by atoms with Crippen LogP contribution >= 0.6 is 0 Å². The second kappa shape index (κ2) is 7.95. The normalized spacial score (nSPS) is 10.9. The highest BCUT2D eigenvalue weighted by Gasteiger charge is 2.12. The molecule has 7 heteroatoms. The summed E-state index contributed by atoms with van der Waals surface area (Å²) >= 11 is 0. The summed E-state index contributed by atoms with van der Waals surface area (Å²) in [4.78, 5) is 20.6. The van der Waals surface area contributed by atoms with Crippen molar-refractivity contribution >= 4 is 11.7 Å². The standard InChI is InChI=1S/C19H23N5O2/c1-13-5-4-6-16(11-13)26-10-9-20-18(25)8-7-17-14(2)23-19-21-12-22-24(19)15(17)3/h4-6,11-12H,7-10H2,1-3H3,(H,20,25). The van der Waals surface area contributed by atoms with Crippen LogP contribution in [0.4, 0.5) is 0 Å². The van der Waals surface area contributed by atoms with Crippen molar-refractivity contribution in [1.82, 2.24) is 24.9 Å². The highest BCUT2D eigenvalue weighted by atomic mass is 16.5. The van der Waals surface area contributed by atoms with Crippen molar-refractivity contribution < 1.29 is 9.53 Å². The van der Waals surface area contributed by atoms with Crippen LogP contribution in [0.25, 0.3) is 5.78 Å². The van der Waals surface area contributed by atoms with E-state index in [1.807, 2.05) is 45.0 Å². The van der Waals surface area contributed by atoms with E-state index in [0.717, 1.165) is 28.3 Å². The van der Waals surface area contributed by atoms with Crippen molar-refractivity contribution in [3.8, 4) is 5.75 Å². The van der Waals surface area contributed by atoms with Gasteiger partial charge in [0.15, 0.2) is 0 Å². The molecule has 0 radical (unpaired) electrons. The molecule has 0 spiro atoms. The fourth-order valence-electron chi connectivity index (χ4n) is 2.91. The summed E-state index contributed by atoms with van der Waals surface area (Å²) in [7, 11) is 0. The quantitative estimate of drug-likeness (QED) is 0.659. The van der Waals surface area contributed by atoms with Gasteiger partial charge < -0.3 is 10.1 Å². The van der Waals surface area contributed by atoms with Crippen LogP contribution in [0.3, 0.4) is 0 Å². The van der Waals surface area contributed by atoms with E-state index in [0.29, 0.717) is 31.8 Å². The molecular weight excluding hydrogens is 330 g/mol. The minimum Gasteiger partial charge on any atom is -0.492 e. The predicted octanol–water partition coefficient (Wildman–Crippen LogP) is 2.18. The van der Waals surface area contributed by atoms with Crippen molar-refractivity contribution in [2.24, 2.45) is 0 Å². The molecule has 1 aromatic carbocycles. The number of amides is 1. The Morgan fingerprint density at radius 2 is 2.12 bits per heavy atom. The second-order valence-corrected chi connectivity index (χ2v) is 6.25. The zero-order valence-corrected chi connectivity index (χ0v) is 15.3. The average Bonchev–Trinajstić information content (AvgIpc) is 3.07. The van der Waals surface area contributed by atoms with Gasteiger partial charge >= 0.3 is 0 Å². The lowest BCUT2D eigenvalue weighted by Crippen LogP contribution is -2.28. The van der Waals surface area contributed by atoms with Gasteiger partial charge in [-0.15, -0.1) is 0 Å². The van der Waals surface area contributed by atoms with E-state index in [-0.39, 0.29) is 5.91 Å². The maximum atomic E-state index is 12.1. The molecule has 0 saturated heterocycles. The molecule has 0 fully saturated rings. The molecule has 7 nitrogen and oxygen atoms in total. The monoisotopic (exact) mass is 353 g/mol. The lowest BCUT2D eigenvalue weighted by molar-refractivity contribution is -0.121. The van der Waals surface area contributed by atoms with E-state index >= 15 is 0 Å². The number of ether oxygens (including phenoxy) is 1. The number of aryl methyl sites for hydroxylation is 3. The maximum absolute atomic E-state index is 12.1. The Morgan fingerprint density at radius 1 is 1.27 bits per heavy atom. The topological polar surface area (TPSA) is 81.4 Å². The summed E-state index contributed by atoms with van der Waals surface area (Å²) < 4.78 is 7.34. The van der Waals surface area contributed by atoms with Crippen molar-refractivity contribution in [2.75, 3.05) is 13.2 Å². The molecule has 0 aliphatic heterocycles. The van der Waals surface area contributed by atoms with Gasteiger partial charge in [0, 0.05) is 17.8 Å². The molecule has 0 aliphatic carbocycles. The van der Waals surface area contributed by atoms with Crippen LogP contribution in [0.2, 0.25) is 0 Å². The van der Waals surface area contributed by atoms with Gasteiger partial charge in [-0.05, 0) is 50.5 Å². The van der Waals surface area contributed by atoms with Gasteiger partial charge in [-0.3, -0.25) is 4.79 Å². The highest BCUT2D eigenvalue weighted by Crippen LogP contribution is 2.15. The Labute approximate surface area is 152 Å². The van der Waals surface area contributed by atoms with E-state index in [1.54, 1.807) is 4.52 Å². The van der Waals surface area contributed by atoms with Crippen LogP contribution < -0.4 is 10.1 Å². The summed E-state index contributed by atoms with van der Waals surface area (Å²) in [5.74, 6) is 1.40. The maximum Gasteiger partial charge on any atom is 0.252 e. The Kier molecular flexibility index (Phi) is 5.46. The summed E-state index contributed by atoms with van der Waals surface area (Å²) in [6.45, 7) is 6.85. The number of hydrogen-bond acceptors (Lipinski definition) is 5. The Hall–Kier alpha value is -2.96. The van der Waals surface area contributed by atoms with Crippen molar-refractivity contribution in [3.63, 3.8) is 0 Å². The molecular formula is C19H23N5O2. The van der Waals surface area contributed by atoms with Crippen LogP contribution in [-0.2, 0) is 11.2 Å². The van der Waals surface area contributed by atoms with Gasteiger partial charge in [-0.2, -0.15) is 10.1 Å². The summed E-state index contributed by atoms with van der Waals surface area (Å²) in [5, 5.41) is 7.06. The lowest BCUT2D eigenvalue weighted by Gasteiger charge is -2.11. The van der Waals surface area contributed by atoms with Gasteiger partial charge in [0.05, 0.1) is 6.54 Å². The van der Waals surface area contributed by atoms with Gasteiger partial charge in [-0.1, -0.05) is 12.1 Å². The van der Waals surface area contributed by atoms with Gasteiger partial charge in [0.25, 0.3) is 5.78 Å². The molecule has 0 saturated carbocycles. The number of nitrogens with one attached hydrogen (secondary N) is 1. The number of carbonyl (C=O) groups excluding carboxylic acids is 1. The summed E-state index contributed by atoms with van der Waals surface area (Å²) in [5.41, 5.74) is 4.04. The molecule has 0 unspecified atom stereocenters. The predicted molar refractivity (Wildman–Crippen MR) is 98.3 cm³/mol. The smallest absolute Gasteiger partial charge is 0.252 e. The Morgan fingerprint density at radius 3 is 2.92 bits per heavy atom. The highest BCUT2D eigenvalue weighted by molar-refractivity contribution is 5.76. The van der Waals surface area contributed by atoms with E-state index in [1.165, 1.54) is 6.33 Å². The van der Waals surface area contributed by atoms with Crippen LogP contribution in [0.5, 0.6) is 5.75 Å². The van der Waals surface area contributed by atoms with Gasteiger partial charge in [0.1, 0.15) is 18.7 Å². The van der Waals surface area contributed by atoms with E-state index < -0.39 is 0 Å². The first-order valence-electron chi connectivity index (χ1n) is 8.66. The molecule has 1 N–H and O–H groups in total. The molecule has 2 heterocycles. The third kappa shape index (κ3) is 4.17. The number of fused-ring (bicyclic) bond motifs is 1. The molecule has 3 rings (SSSR count). The summed E-state index contributed by atoms with van der Waals surface area (Å²) in [6, 6.07) is 7.85. The number of aromatic nitrogens is 4. The fraction of sp³-hybridized carbons (Fsp3) is 0.368. The molecule has 3 aromatic rings. The number of rotatable bonds is 7. The Bertz CT molecular complexity index is 919. The average molecular weight is 353 g/mol. The molecule has 1 amide bonds. The van der Waals surface area contributed by atoms with Gasteiger partial charge in [-0.25, -0.2) is 9.50 Å². The molecule has 2 aromatic heterocycles. The molecule has 0 bridgehead atoms. The first-order chi connectivity index (χ1) is 12.5. The van der Waals surface area contributed by atoms with E-state index in [9.17, 15) is 4.79 Å². The van der Waals surface area contributed by atoms with Crippen LogP contribution in [0, 0.1) is 20.8 Å². The van der Waals surface area contributed by atoms with Crippen molar-refractivity contribution in [2.45, 2.75) is 33.6 Å². The van der Waals surface area contributed by atoms with E-state index in [4.69, 9.17) is 4.74 Å². The second-order valence-electron chi connectivity index (χ2n) is 6.25. The SMILES string of the molecule is Cc1cccc(OCCNC(=O)CCc2c(C)nc3ncnn3c2C)c1. The van der Waals surface area contributed by atoms with Crippen LogP contribution in [0.1, 0.15) is 28.9 Å². The lowest BCUT2D eigenvalue weighted by atomic mass is 10.1. The zero-order valence-electron chi connectivity index (χ0n) is 15.3. The Balaban J connectivity index is 1.47. The molecule has 136 valence electrons. The number of hydrogen-bond donors (Lipinski definition) is 1. The fourth-order valence-corrected chi connectivity index (χ4v) is 2.91. The van der Waals surface area contributed by atoms with Crippen LogP contribution in [-0.4, -0.2) is 38.6 Å². The first kappa shape index (κ1) is 17.8. The van der Waals surface area contributed by atoms with Crippen molar-refractivity contribution in [3.05, 3.63) is 53.1 Å². The largest absolute Gasteiger partial charge is 0.492 e. The molecule has 0 atom stereocenters. The third-order valence-electron chi connectivity index (χ3n) is 4.27.